The van der Waals surface area contributed by atoms with E-state index in [9.17, 15) is 9.90 Å². The molecule has 0 amide bonds. The van der Waals surface area contributed by atoms with Gasteiger partial charge in [0.1, 0.15) is 5.75 Å². The standard InChI is InChI=1S/C19H22O3S/c1-11-9-12(22-4)5-6-13(11)17-16(18(20)21)14-10-19(2,3)8-7-15(14)23-17/h5-6,9H,7-8,10H2,1-4H3,(H,20,21). The van der Waals surface area contributed by atoms with E-state index in [-0.39, 0.29) is 5.41 Å². The lowest BCUT2D eigenvalue weighted by Gasteiger charge is -2.29. The minimum Gasteiger partial charge on any atom is -0.497 e. The van der Waals surface area contributed by atoms with Crippen LogP contribution in [-0.4, -0.2) is 18.2 Å². The van der Waals surface area contributed by atoms with Crippen molar-refractivity contribution in [1.82, 2.24) is 0 Å². The van der Waals surface area contributed by atoms with Gasteiger partial charge in [-0.2, -0.15) is 0 Å². The first-order valence-corrected chi connectivity index (χ1v) is 8.67. The number of aryl methyl sites for hydroxylation is 2. The first kappa shape index (κ1) is 16.1. The van der Waals surface area contributed by atoms with Crippen LogP contribution in [-0.2, 0) is 12.8 Å². The monoisotopic (exact) mass is 330 g/mol. The van der Waals surface area contributed by atoms with Gasteiger partial charge < -0.3 is 9.84 Å². The smallest absolute Gasteiger partial charge is 0.337 e. The van der Waals surface area contributed by atoms with Gasteiger partial charge in [0.15, 0.2) is 0 Å². The molecule has 0 radical (unpaired) electrons. The quantitative estimate of drug-likeness (QED) is 0.866. The fourth-order valence-corrected chi connectivity index (χ4v) is 4.75. The molecule has 1 aliphatic carbocycles. The summed E-state index contributed by atoms with van der Waals surface area (Å²) in [7, 11) is 1.64. The van der Waals surface area contributed by atoms with Crippen molar-refractivity contribution in [2.24, 2.45) is 5.41 Å². The van der Waals surface area contributed by atoms with E-state index >= 15 is 0 Å². The number of thiophene rings is 1. The van der Waals surface area contributed by atoms with Gasteiger partial charge in [-0.25, -0.2) is 4.79 Å². The molecule has 1 aromatic heterocycles. The van der Waals surface area contributed by atoms with Gasteiger partial charge in [-0.15, -0.1) is 11.3 Å². The van der Waals surface area contributed by atoms with E-state index < -0.39 is 5.97 Å². The van der Waals surface area contributed by atoms with Gasteiger partial charge in [0, 0.05) is 9.75 Å². The summed E-state index contributed by atoms with van der Waals surface area (Å²) in [5.41, 5.74) is 3.77. The molecule has 3 rings (SSSR count). The van der Waals surface area contributed by atoms with E-state index in [1.165, 1.54) is 4.88 Å². The predicted octanol–water partition coefficient (Wildman–Crippen LogP) is 4.95. The van der Waals surface area contributed by atoms with Crippen LogP contribution >= 0.6 is 11.3 Å². The number of ether oxygens (including phenoxy) is 1. The van der Waals surface area contributed by atoms with Crippen molar-refractivity contribution in [2.75, 3.05) is 7.11 Å². The minimum atomic E-state index is -0.814. The SMILES string of the molecule is COc1ccc(-c2sc3c(c2C(=O)O)CC(C)(C)CC3)c(C)c1. The van der Waals surface area contributed by atoms with Gasteiger partial charge in [0.25, 0.3) is 0 Å². The van der Waals surface area contributed by atoms with Crippen LogP contribution in [0.1, 0.15) is 46.6 Å². The van der Waals surface area contributed by atoms with E-state index in [1.54, 1.807) is 18.4 Å². The fourth-order valence-electron chi connectivity index (χ4n) is 3.35. The van der Waals surface area contributed by atoms with Crippen molar-refractivity contribution in [2.45, 2.75) is 40.0 Å². The molecule has 2 aromatic rings. The van der Waals surface area contributed by atoms with Gasteiger partial charge in [-0.3, -0.25) is 0 Å². The Morgan fingerprint density at radius 3 is 2.70 bits per heavy atom. The summed E-state index contributed by atoms with van der Waals surface area (Å²) in [6, 6.07) is 5.84. The molecular weight excluding hydrogens is 308 g/mol. The Bertz CT molecular complexity index is 771. The predicted molar refractivity (Wildman–Crippen MR) is 93.8 cm³/mol. The van der Waals surface area contributed by atoms with Crippen LogP contribution in [0.5, 0.6) is 5.75 Å². The molecule has 0 unspecified atom stereocenters. The average molecular weight is 330 g/mol. The summed E-state index contributed by atoms with van der Waals surface area (Å²) in [5, 5.41) is 9.82. The number of hydrogen-bond acceptors (Lipinski definition) is 3. The Kier molecular flexibility index (Phi) is 3.96. The molecule has 1 heterocycles. The second kappa shape index (κ2) is 5.68. The van der Waals surface area contributed by atoms with Gasteiger partial charge in [-0.1, -0.05) is 13.8 Å². The van der Waals surface area contributed by atoms with Crippen LogP contribution in [0, 0.1) is 12.3 Å². The van der Waals surface area contributed by atoms with Crippen LogP contribution in [0.2, 0.25) is 0 Å². The number of carboxylic acid groups (broad SMARTS) is 1. The number of methoxy groups -OCH3 is 1. The lowest BCUT2D eigenvalue weighted by molar-refractivity contribution is 0.0696. The second-order valence-corrected chi connectivity index (χ2v) is 8.14. The molecule has 0 saturated heterocycles. The molecule has 23 heavy (non-hydrogen) atoms. The lowest BCUT2D eigenvalue weighted by Crippen LogP contribution is -2.22. The second-order valence-electron chi connectivity index (χ2n) is 7.03. The third-order valence-electron chi connectivity index (χ3n) is 4.67. The maximum absolute atomic E-state index is 12.0. The maximum Gasteiger partial charge on any atom is 0.337 e. The van der Waals surface area contributed by atoms with Crippen LogP contribution < -0.4 is 4.74 Å². The Balaban J connectivity index is 2.18. The summed E-state index contributed by atoms with van der Waals surface area (Å²) in [4.78, 5) is 14.1. The molecule has 1 aliphatic rings. The van der Waals surface area contributed by atoms with Gasteiger partial charge in [0.05, 0.1) is 12.7 Å². The Morgan fingerprint density at radius 2 is 2.09 bits per heavy atom. The highest BCUT2D eigenvalue weighted by molar-refractivity contribution is 7.16. The van der Waals surface area contributed by atoms with Crippen molar-refractivity contribution in [3.8, 4) is 16.2 Å². The number of carboxylic acids is 1. The zero-order chi connectivity index (χ0) is 16.8. The molecule has 1 aromatic carbocycles. The van der Waals surface area contributed by atoms with Crippen LogP contribution in [0.3, 0.4) is 0 Å². The van der Waals surface area contributed by atoms with Crippen LogP contribution in [0.25, 0.3) is 10.4 Å². The Labute approximate surface area is 140 Å². The highest BCUT2D eigenvalue weighted by Crippen LogP contribution is 2.45. The summed E-state index contributed by atoms with van der Waals surface area (Å²) >= 11 is 1.65. The van der Waals surface area contributed by atoms with Gasteiger partial charge in [0.2, 0.25) is 0 Å². The van der Waals surface area contributed by atoms with Crippen molar-refractivity contribution >= 4 is 17.3 Å². The largest absolute Gasteiger partial charge is 0.497 e. The van der Waals surface area contributed by atoms with E-state index in [2.05, 4.69) is 13.8 Å². The third kappa shape index (κ3) is 2.88. The number of hydrogen-bond donors (Lipinski definition) is 1. The molecule has 122 valence electrons. The van der Waals surface area contributed by atoms with Gasteiger partial charge >= 0.3 is 5.97 Å². The summed E-state index contributed by atoms with van der Waals surface area (Å²) < 4.78 is 5.26. The molecule has 4 heteroatoms. The van der Waals surface area contributed by atoms with Crippen LogP contribution in [0.15, 0.2) is 18.2 Å². The van der Waals surface area contributed by atoms with E-state index in [4.69, 9.17) is 4.74 Å². The molecule has 3 nitrogen and oxygen atoms in total. The summed E-state index contributed by atoms with van der Waals surface area (Å²) in [5.74, 6) is -0.0176. The highest BCUT2D eigenvalue weighted by atomic mass is 32.1. The zero-order valence-electron chi connectivity index (χ0n) is 14.0. The number of fused-ring (bicyclic) bond motifs is 1. The Hall–Kier alpha value is -1.81. The number of benzene rings is 1. The fraction of sp³-hybridized carbons (Fsp3) is 0.421. The maximum atomic E-state index is 12.0. The topological polar surface area (TPSA) is 46.5 Å². The van der Waals surface area contributed by atoms with Crippen molar-refractivity contribution in [1.29, 1.82) is 0 Å². The molecule has 0 atom stereocenters. The number of rotatable bonds is 3. The van der Waals surface area contributed by atoms with E-state index in [0.29, 0.717) is 5.56 Å². The highest BCUT2D eigenvalue weighted by Gasteiger charge is 2.33. The first-order chi connectivity index (χ1) is 10.8. The average Bonchev–Trinajstić information content (AvgIpc) is 2.83. The molecule has 0 saturated carbocycles. The van der Waals surface area contributed by atoms with Crippen LogP contribution in [0.4, 0.5) is 0 Å². The van der Waals surface area contributed by atoms with Gasteiger partial charge in [-0.05, 0) is 66.5 Å². The third-order valence-corrected chi connectivity index (χ3v) is 5.99. The lowest BCUT2D eigenvalue weighted by atomic mass is 9.76. The first-order valence-electron chi connectivity index (χ1n) is 7.85. The summed E-state index contributed by atoms with van der Waals surface area (Å²) in [6.45, 7) is 6.45. The molecular formula is C19H22O3S. The summed E-state index contributed by atoms with van der Waals surface area (Å²) in [6.07, 6.45) is 2.93. The molecule has 1 N–H and O–H groups in total. The number of carbonyl (C=O) groups is 1. The van der Waals surface area contributed by atoms with E-state index in [1.807, 2.05) is 25.1 Å². The number of aromatic carboxylic acids is 1. The van der Waals surface area contributed by atoms with Crippen molar-refractivity contribution in [3.05, 3.63) is 39.8 Å². The molecule has 0 fully saturated rings. The van der Waals surface area contributed by atoms with E-state index in [0.717, 1.165) is 46.6 Å². The Morgan fingerprint density at radius 1 is 1.35 bits per heavy atom. The zero-order valence-corrected chi connectivity index (χ0v) is 14.8. The van der Waals surface area contributed by atoms with Crippen molar-refractivity contribution < 1.29 is 14.6 Å². The normalized spacial score (nSPS) is 16.0. The van der Waals surface area contributed by atoms with Crippen molar-refractivity contribution in [3.63, 3.8) is 0 Å². The molecule has 0 aliphatic heterocycles. The molecule has 0 spiro atoms. The molecule has 0 bridgehead atoms. The minimum absolute atomic E-state index is 0.171.